The molecule has 0 spiro atoms. The Hall–Kier alpha value is -2.62. The van der Waals surface area contributed by atoms with Gasteiger partial charge < -0.3 is 0 Å². The Morgan fingerprint density at radius 2 is 1.52 bits per heavy atom. The molecule has 1 fully saturated rings. The van der Waals surface area contributed by atoms with Crippen LogP contribution in [0.25, 0.3) is 5.70 Å². The number of hydrogen-bond donors (Lipinski definition) is 2. The monoisotopic (exact) mass is 307 g/mol. The van der Waals surface area contributed by atoms with Gasteiger partial charge in [-0.3, -0.25) is 20.6 Å². The molecule has 2 aromatic rings. The standard InChI is InChI=1S/C19H21N3O/c23-19(17-11-13-20-14-12-17)22-21-18(15-7-3-1-4-8-15)16-9-5-2-6-10-16/h1,3-4,7-8,11-14,21H,2,5-6,9-10H2,(H,22,23). The van der Waals surface area contributed by atoms with E-state index in [0.717, 1.165) is 24.1 Å². The van der Waals surface area contributed by atoms with Crippen molar-refractivity contribution in [3.05, 3.63) is 71.6 Å². The van der Waals surface area contributed by atoms with Gasteiger partial charge in [0, 0.05) is 18.0 Å². The highest BCUT2D eigenvalue weighted by molar-refractivity contribution is 5.94. The molecule has 1 aliphatic carbocycles. The van der Waals surface area contributed by atoms with Crippen LogP contribution in [0.15, 0.2) is 60.4 Å². The number of carbonyl (C=O) groups is 1. The fourth-order valence-corrected chi connectivity index (χ4v) is 2.89. The molecule has 0 radical (unpaired) electrons. The van der Waals surface area contributed by atoms with E-state index in [1.54, 1.807) is 24.5 Å². The smallest absolute Gasteiger partial charge is 0.269 e. The molecule has 1 aromatic carbocycles. The zero-order valence-electron chi connectivity index (χ0n) is 13.1. The van der Waals surface area contributed by atoms with Gasteiger partial charge in [-0.25, -0.2) is 0 Å². The van der Waals surface area contributed by atoms with Crippen molar-refractivity contribution in [3.63, 3.8) is 0 Å². The fraction of sp³-hybridized carbons (Fsp3) is 0.263. The lowest BCUT2D eigenvalue weighted by Crippen LogP contribution is -2.36. The van der Waals surface area contributed by atoms with Crippen LogP contribution >= 0.6 is 0 Å². The number of benzene rings is 1. The van der Waals surface area contributed by atoms with Crippen molar-refractivity contribution in [2.45, 2.75) is 32.1 Å². The van der Waals surface area contributed by atoms with E-state index in [1.165, 1.54) is 24.8 Å². The fourth-order valence-electron chi connectivity index (χ4n) is 2.89. The van der Waals surface area contributed by atoms with Gasteiger partial charge in [-0.1, -0.05) is 36.8 Å². The third-order valence-corrected chi connectivity index (χ3v) is 4.12. The van der Waals surface area contributed by atoms with Crippen molar-refractivity contribution in [3.8, 4) is 0 Å². The van der Waals surface area contributed by atoms with Gasteiger partial charge in [0.1, 0.15) is 0 Å². The first-order valence-electron chi connectivity index (χ1n) is 8.08. The molecule has 1 heterocycles. The van der Waals surface area contributed by atoms with Crippen LogP contribution in [-0.4, -0.2) is 10.9 Å². The Morgan fingerprint density at radius 1 is 0.826 bits per heavy atom. The van der Waals surface area contributed by atoms with Crippen LogP contribution in [-0.2, 0) is 0 Å². The summed E-state index contributed by atoms with van der Waals surface area (Å²) in [6.07, 6.45) is 9.12. The SMILES string of the molecule is O=C(NNC(=C1CCCCC1)c1ccccc1)c1ccncc1. The summed E-state index contributed by atoms with van der Waals surface area (Å²) >= 11 is 0. The number of nitrogens with one attached hydrogen (secondary N) is 2. The summed E-state index contributed by atoms with van der Waals surface area (Å²) in [6.45, 7) is 0. The Labute approximate surface area is 136 Å². The van der Waals surface area contributed by atoms with Crippen molar-refractivity contribution in [1.29, 1.82) is 0 Å². The number of carbonyl (C=O) groups excluding carboxylic acids is 1. The van der Waals surface area contributed by atoms with Crippen molar-refractivity contribution >= 4 is 11.6 Å². The number of amides is 1. The van der Waals surface area contributed by atoms with Gasteiger partial charge in [0.15, 0.2) is 0 Å². The van der Waals surface area contributed by atoms with Gasteiger partial charge in [0.05, 0.1) is 5.70 Å². The number of aromatic nitrogens is 1. The third kappa shape index (κ3) is 3.97. The lowest BCUT2D eigenvalue weighted by atomic mass is 9.91. The molecular formula is C19H21N3O. The summed E-state index contributed by atoms with van der Waals surface area (Å²) in [4.78, 5) is 16.2. The molecule has 4 heteroatoms. The van der Waals surface area contributed by atoms with Gasteiger partial charge in [-0.05, 0) is 49.0 Å². The number of hydrogen-bond acceptors (Lipinski definition) is 3. The molecule has 2 N–H and O–H groups in total. The zero-order chi connectivity index (χ0) is 15.9. The van der Waals surface area contributed by atoms with Crippen LogP contribution in [0.4, 0.5) is 0 Å². The van der Waals surface area contributed by atoms with E-state index in [9.17, 15) is 4.79 Å². The molecule has 0 aliphatic heterocycles. The lowest BCUT2D eigenvalue weighted by Gasteiger charge is -2.21. The van der Waals surface area contributed by atoms with Crippen LogP contribution in [0.1, 0.15) is 48.0 Å². The first-order valence-corrected chi connectivity index (χ1v) is 8.08. The number of nitrogens with zero attached hydrogens (tertiary/aromatic N) is 1. The largest absolute Gasteiger partial charge is 0.298 e. The minimum absolute atomic E-state index is 0.155. The van der Waals surface area contributed by atoms with Crippen LogP contribution < -0.4 is 10.9 Å². The third-order valence-electron chi connectivity index (χ3n) is 4.12. The molecule has 1 amide bonds. The van der Waals surface area contributed by atoms with Crippen LogP contribution in [0.2, 0.25) is 0 Å². The molecule has 0 atom stereocenters. The maximum atomic E-state index is 12.2. The van der Waals surface area contributed by atoms with Gasteiger partial charge in [0.25, 0.3) is 5.91 Å². The average molecular weight is 307 g/mol. The molecule has 0 saturated heterocycles. The van der Waals surface area contributed by atoms with E-state index < -0.39 is 0 Å². The van der Waals surface area contributed by atoms with E-state index in [2.05, 4.69) is 28.0 Å². The number of rotatable bonds is 4. The molecule has 23 heavy (non-hydrogen) atoms. The zero-order valence-corrected chi connectivity index (χ0v) is 13.1. The molecule has 1 saturated carbocycles. The van der Waals surface area contributed by atoms with Crippen LogP contribution in [0, 0.1) is 0 Å². The molecule has 1 aliphatic rings. The number of hydrazine groups is 1. The summed E-state index contributed by atoms with van der Waals surface area (Å²) in [7, 11) is 0. The molecule has 4 nitrogen and oxygen atoms in total. The highest BCUT2D eigenvalue weighted by Gasteiger charge is 2.14. The van der Waals surface area contributed by atoms with E-state index in [-0.39, 0.29) is 5.91 Å². The molecule has 3 rings (SSSR count). The maximum absolute atomic E-state index is 12.2. The van der Waals surface area contributed by atoms with E-state index >= 15 is 0 Å². The van der Waals surface area contributed by atoms with Crippen molar-refractivity contribution in [2.24, 2.45) is 0 Å². The van der Waals surface area contributed by atoms with Gasteiger partial charge in [0.2, 0.25) is 0 Å². The van der Waals surface area contributed by atoms with Crippen molar-refractivity contribution in [1.82, 2.24) is 15.8 Å². The summed E-state index contributed by atoms with van der Waals surface area (Å²) in [5.41, 5.74) is 10.1. The second-order valence-corrected chi connectivity index (χ2v) is 5.72. The van der Waals surface area contributed by atoms with Gasteiger partial charge in [-0.2, -0.15) is 0 Å². The average Bonchev–Trinajstić information content (AvgIpc) is 2.64. The predicted molar refractivity (Wildman–Crippen MR) is 91.3 cm³/mol. The van der Waals surface area contributed by atoms with Crippen LogP contribution in [0.3, 0.4) is 0 Å². The minimum Gasteiger partial charge on any atom is -0.298 e. The first-order chi connectivity index (χ1) is 11.3. The highest BCUT2D eigenvalue weighted by atomic mass is 16.2. The lowest BCUT2D eigenvalue weighted by molar-refractivity contribution is 0.0942. The summed E-state index contributed by atoms with van der Waals surface area (Å²) in [5, 5.41) is 0. The first kappa shape index (κ1) is 15.3. The summed E-state index contributed by atoms with van der Waals surface area (Å²) in [5.74, 6) is -0.155. The Bertz CT molecular complexity index is 672. The van der Waals surface area contributed by atoms with E-state index in [4.69, 9.17) is 0 Å². The Balaban J connectivity index is 1.78. The summed E-state index contributed by atoms with van der Waals surface area (Å²) in [6, 6.07) is 13.6. The second kappa shape index (κ2) is 7.58. The van der Waals surface area contributed by atoms with Gasteiger partial charge in [-0.15, -0.1) is 0 Å². The molecule has 118 valence electrons. The van der Waals surface area contributed by atoms with Crippen molar-refractivity contribution < 1.29 is 4.79 Å². The topological polar surface area (TPSA) is 54.0 Å². The van der Waals surface area contributed by atoms with E-state index in [1.807, 2.05) is 18.2 Å². The molecule has 1 aromatic heterocycles. The van der Waals surface area contributed by atoms with E-state index in [0.29, 0.717) is 5.56 Å². The summed E-state index contributed by atoms with van der Waals surface area (Å²) < 4.78 is 0. The Morgan fingerprint density at radius 3 is 2.22 bits per heavy atom. The number of allylic oxidation sites excluding steroid dienone is 1. The quantitative estimate of drug-likeness (QED) is 0.847. The van der Waals surface area contributed by atoms with Crippen molar-refractivity contribution in [2.75, 3.05) is 0 Å². The normalized spacial score (nSPS) is 14.2. The minimum atomic E-state index is -0.155. The maximum Gasteiger partial charge on any atom is 0.269 e. The highest BCUT2D eigenvalue weighted by Crippen LogP contribution is 2.28. The second-order valence-electron chi connectivity index (χ2n) is 5.72. The molecular weight excluding hydrogens is 286 g/mol. The molecule has 0 bridgehead atoms. The van der Waals surface area contributed by atoms with Crippen LogP contribution in [0.5, 0.6) is 0 Å². The predicted octanol–water partition coefficient (Wildman–Crippen LogP) is 3.69. The molecule has 0 unspecified atom stereocenters. The Kier molecular flexibility index (Phi) is 5.04. The number of pyridine rings is 1. The van der Waals surface area contributed by atoms with Gasteiger partial charge >= 0.3 is 0 Å².